The van der Waals surface area contributed by atoms with Crippen LogP contribution >= 0.6 is 0 Å². The molecule has 2 heteroatoms. The summed E-state index contributed by atoms with van der Waals surface area (Å²) >= 11 is 0. The number of benzene rings is 1. The lowest BCUT2D eigenvalue weighted by molar-refractivity contribution is -0.0575. The first-order valence-electron chi connectivity index (χ1n) is 7.29. The highest BCUT2D eigenvalue weighted by molar-refractivity contribution is 5.26. The van der Waals surface area contributed by atoms with Crippen molar-refractivity contribution in [1.29, 1.82) is 0 Å². The molecule has 0 spiro atoms. The van der Waals surface area contributed by atoms with Crippen molar-refractivity contribution in [2.24, 2.45) is 0 Å². The molecule has 2 aliphatic carbocycles. The Bertz CT molecular complexity index is 375. The van der Waals surface area contributed by atoms with Crippen molar-refractivity contribution in [3.8, 4) is 0 Å². The monoisotopic (exact) mass is 245 g/mol. The summed E-state index contributed by atoms with van der Waals surface area (Å²) in [4.78, 5) is 5.76. The van der Waals surface area contributed by atoms with E-state index in [1.165, 1.54) is 49.7 Å². The molecule has 18 heavy (non-hydrogen) atoms. The van der Waals surface area contributed by atoms with Gasteiger partial charge in [0.1, 0.15) is 0 Å². The number of hydroxylamine groups is 1. The Kier molecular flexibility index (Phi) is 3.67. The maximum Gasteiger partial charge on any atom is 0.0790 e. The highest BCUT2D eigenvalue weighted by atomic mass is 16.7. The molecule has 1 N–H and O–H groups in total. The van der Waals surface area contributed by atoms with E-state index < -0.39 is 0 Å². The highest BCUT2D eigenvalue weighted by Crippen LogP contribution is 2.37. The van der Waals surface area contributed by atoms with E-state index in [0.717, 1.165) is 5.92 Å². The van der Waals surface area contributed by atoms with Crippen LogP contribution in [0, 0.1) is 6.92 Å². The van der Waals surface area contributed by atoms with Gasteiger partial charge < -0.3 is 0 Å². The van der Waals surface area contributed by atoms with Gasteiger partial charge in [-0.2, -0.15) is 5.48 Å². The number of hydrogen-bond donors (Lipinski definition) is 1. The van der Waals surface area contributed by atoms with E-state index in [1.54, 1.807) is 0 Å². The molecule has 2 saturated carbocycles. The van der Waals surface area contributed by atoms with Crippen molar-refractivity contribution in [3.63, 3.8) is 0 Å². The minimum absolute atomic E-state index is 0.475. The molecule has 2 nitrogen and oxygen atoms in total. The van der Waals surface area contributed by atoms with Gasteiger partial charge in [0.25, 0.3) is 0 Å². The number of nitrogens with one attached hydrogen (secondary N) is 1. The third kappa shape index (κ3) is 2.76. The van der Waals surface area contributed by atoms with E-state index >= 15 is 0 Å². The molecule has 2 aliphatic rings. The van der Waals surface area contributed by atoms with Crippen LogP contribution in [0.4, 0.5) is 0 Å². The second-order valence-electron chi connectivity index (χ2n) is 5.92. The first-order chi connectivity index (χ1) is 8.81. The molecule has 98 valence electrons. The van der Waals surface area contributed by atoms with E-state index in [4.69, 9.17) is 4.84 Å². The first-order valence-corrected chi connectivity index (χ1v) is 7.29. The summed E-state index contributed by atoms with van der Waals surface area (Å²) in [5, 5.41) is 0. The average Bonchev–Trinajstić information content (AvgIpc) is 2.82. The fourth-order valence-electron chi connectivity index (χ4n) is 3.02. The minimum atomic E-state index is 0.475. The van der Waals surface area contributed by atoms with Crippen LogP contribution in [0.3, 0.4) is 0 Å². The Hall–Kier alpha value is -0.860. The van der Waals surface area contributed by atoms with Crippen LogP contribution in [-0.2, 0) is 4.84 Å². The summed E-state index contributed by atoms with van der Waals surface area (Å²) in [6, 6.07) is 9.54. The smallest absolute Gasteiger partial charge is 0.0790 e. The second kappa shape index (κ2) is 5.41. The van der Waals surface area contributed by atoms with E-state index in [2.05, 4.69) is 36.7 Å². The van der Waals surface area contributed by atoms with Gasteiger partial charge in [0, 0.05) is 6.04 Å². The topological polar surface area (TPSA) is 21.3 Å². The van der Waals surface area contributed by atoms with Gasteiger partial charge in [-0.25, -0.2) is 0 Å². The van der Waals surface area contributed by atoms with Crippen molar-refractivity contribution in [1.82, 2.24) is 5.48 Å². The molecule has 0 saturated heterocycles. The molecular weight excluding hydrogens is 222 g/mol. The van der Waals surface area contributed by atoms with Gasteiger partial charge in [0.2, 0.25) is 0 Å². The van der Waals surface area contributed by atoms with Crippen molar-refractivity contribution in [3.05, 3.63) is 35.4 Å². The standard InChI is InChI=1S/C16H23NO/c1-12-6-8-13(9-7-12)14-10-15(11-14)17-18-16-4-2-3-5-16/h6-9,14-17H,2-5,10-11H2,1H3. The van der Waals surface area contributed by atoms with Gasteiger partial charge in [-0.15, -0.1) is 0 Å². The van der Waals surface area contributed by atoms with Crippen molar-refractivity contribution >= 4 is 0 Å². The molecule has 1 aromatic rings. The molecule has 0 aromatic heterocycles. The van der Waals surface area contributed by atoms with Crippen LogP contribution in [0.25, 0.3) is 0 Å². The summed E-state index contributed by atoms with van der Waals surface area (Å²) < 4.78 is 0. The molecular formula is C16H23NO. The van der Waals surface area contributed by atoms with E-state index in [1.807, 2.05) is 0 Å². The molecule has 0 heterocycles. The van der Waals surface area contributed by atoms with Gasteiger partial charge in [-0.1, -0.05) is 42.7 Å². The van der Waals surface area contributed by atoms with E-state index in [9.17, 15) is 0 Å². The van der Waals surface area contributed by atoms with Gasteiger partial charge >= 0.3 is 0 Å². The zero-order chi connectivity index (χ0) is 12.4. The SMILES string of the molecule is Cc1ccc(C2CC(NOC3CCCC3)C2)cc1. The second-order valence-corrected chi connectivity index (χ2v) is 5.92. The molecule has 0 radical (unpaired) electrons. The Morgan fingerprint density at radius 1 is 1.06 bits per heavy atom. The Labute approximate surface area is 110 Å². The lowest BCUT2D eigenvalue weighted by Gasteiger charge is -2.36. The quantitative estimate of drug-likeness (QED) is 0.817. The largest absolute Gasteiger partial charge is 0.298 e. The molecule has 0 amide bonds. The zero-order valence-corrected chi connectivity index (χ0v) is 11.2. The summed E-state index contributed by atoms with van der Waals surface area (Å²) in [6.07, 6.45) is 8.06. The van der Waals surface area contributed by atoms with Gasteiger partial charge in [0.15, 0.2) is 0 Å². The summed E-state index contributed by atoms with van der Waals surface area (Å²) in [7, 11) is 0. The first kappa shape index (κ1) is 12.2. The van der Waals surface area contributed by atoms with Crippen LogP contribution in [0.2, 0.25) is 0 Å². The lowest BCUT2D eigenvalue weighted by atomic mass is 9.76. The minimum Gasteiger partial charge on any atom is -0.298 e. The fraction of sp³-hybridized carbons (Fsp3) is 0.625. The highest BCUT2D eigenvalue weighted by Gasteiger charge is 2.31. The van der Waals surface area contributed by atoms with Gasteiger partial charge in [0.05, 0.1) is 6.10 Å². The molecule has 0 aliphatic heterocycles. The van der Waals surface area contributed by atoms with Crippen LogP contribution in [0.5, 0.6) is 0 Å². The molecule has 0 bridgehead atoms. The fourth-order valence-corrected chi connectivity index (χ4v) is 3.02. The van der Waals surface area contributed by atoms with E-state index in [0.29, 0.717) is 12.1 Å². The predicted molar refractivity (Wildman–Crippen MR) is 73.4 cm³/mol. The lowest BCUT2D eigenvalue weighted by Crippen LogP contribution is -2.41. The van der Waals surface area contributed by atoms with Crippen LogP contribution in [-0.4, -0.2) is 12.1 Å². The van der Waals surface area contributed by atoms with Gasteiger partial charge in [-0.3, -0.25) is 4.84 Å². The normalized spacial score (nSPS) is 28.3. The van der Waals surface area contributed by atoms with Crippen molar-refractivity contribution in [2.75, 3.05) is 0 Å². The average molecular weight is 245 g/mol. The zero-order valence-electron chi connectivity index (χ0n) is 11.2. The molecule has 0 unspecified atom stereocenters. The van der Waals surface area contributed by atoms with Crippen LogP contribution in [0.1, 0.15) is 55.6 Å². The molecule has 3 rings (SSSR count). The van der Waals surface area contributed by atoms with Crippen molar-refractivity contribution in [2.45, 2.75) is 63.5 Å². The summed E-state index contributed by atoms with van der Waals surface area (Å²) in [5.41, 5.74) is 6.10. The number of hydrogen-bond acceptors (Lipinski definition) is 2. The Morgan fingerprint density at radius 3 is 2.39 bits per heavy atom. The molecule has 2 fully saturated rings. The predicted octanol–water partition coefficient (Wildman–Crippen LogP) is 3.70. The molecule has 0 atom stereocenters. The third-order valence-electron chi connectivity index (χ3n) is 4.39. The van der Waals surface area contributed by atoms with E-state index in [-0.39, 0.29) is 0 Å². The van der Waals surface area contributed by atoms with Crippen LogP contribution in [0.15, 0.2) is 24.3 Å². The molecule has 1 aromatic carbocycles. The number of rotatable bonds is 4. The third-order valence-corrected chi connectivity index (χ3v) is 4.39. The van der Waals surface area contributed by atoms with Crippen molar-refractivity contribution < 1.29 is 4.84 Å². The Morgan fingerprint density at radius 2 is 1.72 bits per heavy atom. The summed E-state index contributed by atoms with van der Waals surface area (Å²) in [5.74, 6) is 0.732. The van der Waals surface area contributed by atoms with Crippen LogP contribution < -0.4 is 5.48 Å². The van der Waals surface area contributed by atoms with Gasteiger partial charge in [-0.05, 0) is 44.1 Å². The summed E-state index contributed by atoms with van der Waals surface area (Å²) in [6.45, 7) is 2.14. The maximum absolute atomic E-state index is 5.76. The Balaban J connectivity index is 1.41. The maximum atomic E-state index is 5.76. The number of aryl methyl sites for hydroxylation is 1.